The zero-order chi connectivity index (χ0) is 11.5. The number of amides is 1. The second-order valence-electron chi connectivity index (χ2n) is 3.58. The molecule has 0 aliphatic heterocycles. The quantitative estimate of drug-likeness (QED) is 0.276. The van der Waals surface area contributed by atoms with Crippen molar-refractivity contribution in [1.29, 1.82) is 0 Å². The predicted octanol–water partition coefficient (Wildman–Crippen LogP) is -0.622. The van der Waals surface area contributed by atoms with E-state index in [-0.39, 0.29) is 17.6 Å². The average Bonchev–Trinajstić information content (AvgIpc) is 3.04. The normalized spacial score (nSPS) is 15.1. The Balaban J connectivity index is 1.94. The third kappa shape index (κ3) is 2.45. The molecule has 0 bridgehead atoms. The highest BCUT2D eigenvalue weighted by atomic mass is 32.2. The Kier molecular flexibility index (Phi) is 3.30. The standard InChI is InChI=1S/C8H13N5O2S/c9-10-6(14)3-4-16-8-12-11-7(15)13(8)5-1-2-5/h5H,1-4,9H2,(H,10,14)(H,11,15). The summed E-state index contributed by atoms with van der Waals surface area (Å²) in [7, 11) is 0. The minimum atomic E-state index is -0.219. The maximum absolute atomic E-state index is 11.4. The first-order valence-electron chi connectivity index (χ1n) is 5.01. The van der Waals surface area contributed by atoms with Crippen LogP contribution >= 0.6 is 11.8 Å². The Hall–Kier alpha value is -1.28. The molecule has 1 fully saturated rings. The van der Waals surface area contributed by atoms with Crippen LogP contribution in [0.3, 0.4) is 0 Å². The van der Waals surface area contributed by atoms with E-state index in [1.54, 1.807) is 4.57 Å². The maximum atomic E-state index is 11.4. The van der Waals surface area contributed by atoms with E-state index >= 15 is 0 Å². The van der Waals surface area contributed by atoms with E-state index in [1.165, 1.54) is 11.8 Å². The number of hydrogen-bond donors (Lipinski definition) is 3. The first-order valence-corrected chi connectivity index (χ1v) is 6.00. The third-order valence-electron chi connectivity index (χ3n) is 2.31. The highest BCUT2D eigenvalue weighted by molar-refractivity contribution is 7.99. The van der Waals surface area contributed by atoms with Gasteiger partial charge >= 0.3 is 5.69 Å². The molecule has 1 aromatic heterocycles. The molecule has 1 aliphatic rings. The van der Waals surface area contributed by atoms with Crippen LogP contribution in [0.25, 0.3) is 0 Å². The summed E-state index contributed by atoms with van der Waals surface area (Å²) >= 11 is 1.38. The largest absolute Gasteiger partial charge is 0.344 e. The number of nitrogens with zero attached hydrogens (tertiary/aromatic N) is 2. The number of aromatic nitrogens is 3. The fraction of sp³-hybridized carbons (Fsp3) is 0.625. The number of nitrogens with one attached hydrogen (secondary N) is 2. The van der Waals surface area contributed by atoms with Crippen LogP contribution in [-0.4, -0.2) is 26.4 Å². The SMILES string of the molecule is NNC(=O)CCSc1n[nH]c(=O)n1C1CC1. The molecule has 16 heavy (non-hydrogen) atoms. The molecule has 0 atom stereocenters. The lowest BCUT2D eigenvalue weighted by atomic mass is 10.5. The Labute approximate surface area is 95.7 Å². The molecule has 0 saturated heterocycles. The Morgan fingerprint density at radius 3 is 3.06 bits per heavy atom. The minimum absolute atomic E-state index is 0.173. The van der Waals surface area contributed by atoms with Gasteiger partial charge in [-0.3, -0.25) is 14.8 Å². The zero-order valence-corrected chi connectivity index (χ0v) is 9.42. The molecule has 1 aliphatic carbocycles. The first-order chi connectivity index (χ1) is 7.72. The smallest absolute Gasteiger partial charge is 0.294 e. The molecule has 0 aromatic carbocycles. The van der Waals surface area contributed by atoms with Crippen LogP contribution in [0.5, 0.6) is 0 Å². The van der Waals surface area contributed by atoms with Gasteiger partial charge in [0.1, 0.15) is 0 Å². The van der Waals surface area contributed by atoms with Crippen molar-refractivity contribution in [1.82, 2.24) is 20.2 Å². The molecular weight excluding hydrogens is 230 g/mol. The summed E-state index contributed by atoms with van der Waals surface area (Å²) < 4.78 is 1.66. The number of hydrazine groups is 1. The summed E-state index contributed by atoms with van der Waals surface area (Å²) in [4.78, 5) is 22.3. The molecule has 8 heteroatoms. The molecule has 7 nitrogen and oxygen atoms in total. The van der Waals surface area contributed by atoms with Crippen molar-refractivity contribution in [2.24, 2.45) is 5.84 Å². The molecule has 2 rings (SSSR count). The Bertz CT molecular complexity index is 436. The van der Waals surface area contributed by atoms with Crippen LogP contribution in [0.1, 0.15) is 25.3 Å². The topological polar surface area (TPSA) is 106 Å². The van der Waals surface area contributed by atoms with Crippen molar-refractivity contribution in [2.45, 2.75) is 30.5 Å². The number of aromatic amines is 1. The molecule has 0 spiro atoms. The van der Waals surface area contributed by atoms with E-state index in [4.69, 9.17) is 5.84 Å². The van der Waals surface area contributed by atoms with Crippen LogP contribution < -0.4 is 17.0 Å². The van der Waals surface area contributed by atoms with Gasteiger partial charge in [-0.1, -0.05) is 11.8 Å². The second kappa shape index (κ2) is 4.71. The van der Waals surface area contributed by atoms with E-state index in [0.717, 1.165) is 12.8 Å². The molecule has 0 radical (unpaired) electrons. The summed E-state index contributed by atoms with van der Waals surface area (Å²) in [5, 5.41) is 7.00. The van der Waals surface area contributed by atoms with Crippen molar-refractivity contribution in [3.8, 4) is 0 Å². The van der Waals surface area contributed by atoms with Crippen molar-refractivity contribution < 1.29 is 4.79 Å². The van der Waals surface area contributed by atoms with Gasteiger partial charge in [-0.2, -0.15) is 0 Å². The van der Waals surface area contributed by atoms with E-state index in [0.29, 0.717) is 17.3 Å². The van der Waals surface area contributed by atoms with Crippen LogP contribution in [-0.2, 0) is 4.79 Å². The minimum Gasteiger partial charge on any atom is -0.294 e. The van der Waals surface area contributed by atoms with Gasteiger partial charge in [0.05, 0.1) is 0 Å². The van der Waals surface area contributed by atoms with Crippen LogP contribution in [0.2, 0.25) is 0 Å². The predicted molar refractivity (Wildman–Crippen MR) is 58.8 cm³/mol. The number of H-pyrrole nitrogens is 1. The average molecular weight is 243 g/mol. The van der Waals surface area contributed by atoms with Gasteiger partial charge in [-0.15, -0.1) is 5.10 Å². The highest BCUT2D eigenvalue weighted by Gasteiger charge is 2.28. The lowest BCUT2D eigenvalue weighted by Crippen LogP contribution is -2.30. The molecule has 4 N–H and O–H groups in total. The van der Waals surface area contributed by atoms with Crippen LogP contribution in [0.4, 0.5) is 0 Å². The number of rotatable bonds is 5. The number of nitrogens with two attached hydrogens (primary N) is 1. The Morgan fingerprint density at radius 1 is 1.69 bits per heavy atom. The summed E-state index contributed by atoms with van der Waals surface area (Å²) in [6.07, 6.45) is 2.36. The van der Waals surface area contributed by atoms with E-state index in [9.17, 15) is 9.59 Å². The summed E-state index contributed by atoms with van der Waals surface area (Å²) in [5.74, 6) is 5.29. The van der Waals surface area contributed by atoms with Gasteiger partial charge in [-0.25, -0.2) is 15.7 Å². The lowest BCUT2D eigenvalue weighted by molar-refractivity contribution is -0.120. The van der Waals surface area contributed by atoms with Gasteiger partial charge in [0.15, 0.2) is 5.16 Å². The molecule has 1 amide bonds. The molecule has 1 aromatic rings. The third-order valence-corrected chi connectivity index (χ3v) is 3.26. The molecule has 88 valence electrons. The van der Waals surface area contributed by atoms with Crippen LogP contribution in [0, 0.1) is 0 Å². The number of carbonyl (C=O) groups is 1. The molecule has 0 unspecified atom stereocenters. The van der Waals surface area contributed by atoms with Crippen molar-refractivity contribution in [3.05, 3.63) is 10.5 Å². The number of thioether (sulfide) groups is 1. The first kappa shape index (κ1) is 11.2. The monoisotopic (exact) mass is 243 g/mol. The zero-order valence-electron chi connectivity index (χ0n) is 8.60. The summed E-state index contributed by atoms with van der Waals surface area (Å²) in [6.45, 7) is 0. The van der Waals surface area contributed by atoms with E-state index < -0.39 is 0 Å². The molecule has 1 heterocycles. The van der Waals surface area contributed by atoms with Gasteiger partial charge in [-0.05, 0) is 12.8 Å². The van der Waals surface area contributed by atoms with Gasteiger partial charge in [0.25, 0.3) is 0 Å². The molecular formula is C8H13N5O2S. The van der Waals surface area contributed by atoms with Crippen LogP contribution in [0.15, 0.2) is 9.95 Å². The highest BCUT2D eigenvalue weighted by Crippen LogP contribution is 2.35. The summed E-state index contributed by atoms with van der Waals surface area (Å²) in [5.41, 5.74) is 1.88. The van der Waals surface area contributed by atoms with Gasteiger partial charge < -0.3 is 0 Å². The van der Waals surface area contributed by atoms with Crippen molar-refractivity contribution in [3.63, 3.8) is 0 Å². The summed E-state index contributed by atoms with van der Waals surface area (Å²) in [6, 6.07) is 0.289. The van der Waals surface area contributed by atoms with Gasteiger partial charge in [0, 0.05) is 18.2 Å². The fourth-order valence-corrected chi connectivity index (χ4v) is 2.31. The van der Waals surface area contributed by atoms with Crippen molar-refractivity contribution in [2.75, 3.05) is 5.75 Å². The Morgan fingerprint density at radius 2 is 2.44 bits per heavy atom. The molecule has 1 saturated carbocycles. The van der Waals surface area contributed by atoms with Gasteiger partial charge in [0.2, 0.25) is 5.91 Å². The van der Waals surface area contributed by atoms with E-state index in [2.05, 4.69) is 15.6 Å². The number of carbonyl (C=O) groups excluding carboxylic acids is 1. The maximum Gasteiger partial charge on any atom is 0.344 e. The number of hydrogen-bond acceptors (Lipinski definition) is 5. The van der Waals surface area contributed by atoms with E-state index in [1.807, 2.05) is 0 Å². The second-order valence-corrected chi connectivity index (χ2v) is 4.64. The fourth-order valence-electron chi connectivity index (χ4n) is 1.35. The van der Waals surface area contributed by atoms with Crippen molar-refractivity contribution >= 4 is 17.7 Å². The lowest BCUT2D eigenvalue weighted by Gasteiger charge is -2.02.